The SMILES string of the molecule is CCN(C(=O)O)c1ccc2oc(C)cc(=O)c2c1. The summed E-state index contributed by atoms with van der Waals surface area (Å²) in [5.74, 6) is 0.533. The van der Waals surface area contributed by atoms with Crippen LogP contribution in [-0.2, 0) is 0 Å². The van der Waals surface area contributed by atoms with Gasteiger partial charge >= 0.3 is 6.09 Å². The van der Waals surface area contributed by atoms with Crippen molar-refractivity contribution in [2.45, 2.75) is 13.8 Å². The van der Waals surface area contributed by atoms with Gasteiger partial charge in [0.1, 0.15) is 11.3 Å². The molecule has 0 saturated heterocycles. The van der Waals surface area contributed by atoms with Gasteiger partial charge in [0.2, 0.25) is 0 Å². The molecule has 94 valence electrons. The first-order valence-corrected chi connectivity index (χ1v) is 5.58. The van der Waals surface area contributed by atoms with Crippen LogP contribution in [0.4, 0.5) is 10.5 Å². The van der Waals surface area contributed by atoms with E-state index in [0.29, 0.717) is 29.0 Å². The van der Waals surface area contributed by atoms with Gasteiger partial charge in [0, 0.05) is 18.3 Å². The Morgan fingerprint density at radius 1 is 1.39 bits per heavy atom. The van der Waals surface area contributed by atoms with E-state index in [0.717, 1.165) is 0 Å². The quantitative estimate of drug-likeness (QED) is 0.885. The molecule has 0 bridgehead atoms. The molecule has 0 aliphatic carbocycles. The van der Waals surface area contributed by atoms with Crippen molar-refractivity contribution in [1.82, 2.24) is 0 Å². The van der Waals surface area contributed by atoms with E-state index < -0.39 is 6.09 Å². The number of carbonyl (C=O) groups is 1. The molecule has 0 atom stereocenters. The summed E-state index contributed by atoms with van der Waals surface area (Å²) in [5, 5.41) is 9.42. The molecular formula is C13H13NO4. The minimum atomic E-state index is -1.05. The molecule has 0 spiro atoms. The smallest absolute Gasteiger partial charge is 0.411 e. The second-order valence-corrected chi connectivity index (χ2v) is 3.93. The molecule has 0 fully saturated rings. The zero-order chi connectivity index (χ0) is 13.3. The molecule has 0 radical (unpaired) electrons. The third kappa shape index (κ3) is 2.07. The monoisotopic (exact) mass is 247 g/mol. The van der Waals surface area contributed by atoms with E-state index in [-0.39, 0.29) is 5.43 Å². The van der Waals surface area contributed by atoms with Crippen LogP contribution in [0.5, 0.6) is 0 Å². The summed E-state index contributed by atoms with van der Waals surface area (Å²) >= 11 is 0. The molecule has 18 heavy (non-hydrogen) atoms. The van der Waals surface area contributed by atoms with Crippen molar-refractivity contribution in [3.05, 3.63) is 40.2 Å². The zero-order valence-electron chi connectivity index (χ0n) is 10.1. The second kappa shape index (κ2) is 4.52. The fraction of sp³-hybridized carbons (Fsp3) is 0.231. The van der Waals surface area contributed by atoms with Crippen LogP contribution < -0.4 is 10.3 Å². The molecule has 1 N–H and O–H groups in total. The third-order valence-electron chi connectivity index (χ3n) is 2.69. The van der Waals surface area contributed by atoms with Crippen LogP contribution in [0.15, 0.2) is 33.5 Å². The highest BCUT2D eigenvalue weighted by Crippen LogP contribution is 2.20. The summed E-state index contributed by atoms with van der Waals surface area (Å²) in [6.45, 7) is 3.75. The summed E-state index contributed by atoms with van der Waals surface area (Å²) in [6, 6.07) is 6.17. The average Bonchev–Trinajstić information content (AvgIpc) is 2.30. The molecule has 1 aromatic carbocycles. The molecule has 2 aromatic rings. The molecule has 0 aliphatic rings. The van der Waals surface area contributed by atoms with Crippen molar-refractivity contribution < 1.29 is 14.3 Å². The van der Waals surface area contributed by atoms with Crippen molar-refractivity contribution in [3.8, 4) is 0 Å². The van der Waals surface area contributed by atoms with E-state index in [1.54, 1.807) is 26.0 Å². The maximum atomic E-state index is 11.8. The Labute approximate surface area is 103 Å². The summed E-state index contributed by atoms with van der Waals surface area (Å²) in [7, 11) is 0. The minimum Gasteiger partial charge on any atom is -0.465 e. The maximum absolute atomic E-state index is 11.8. The number of rotatable bonds is 2. The lowest BCUT2D eigenvalue weighted by molar-refractivity contribution is 0.202. The molecule has 2 rings (SSSR count). The van der Waals surface area contributed by atoms with Crippen molar-refractivity contribution >= 4 is 22.7 Å². The number of hydrogen-bond donors (Lipinski definition) is 1. The van der Waals surface area contributed by atoms with Crippen LogP contribution in [0, 0.1) is 6.92 Å². The van der Waals surface area contributed by atoms with Crippen molar-refractivity contribution in [3.63, 3.8) is 0 Å². The standard InChI is InChI=1S/C13H13NO4/c1-3-14(13(16)17)9-4-5-12-10(7-9)11(15)6-8(2)18-12/h4-7H,3H2,1-2H3,(H,16,17). The van der Waals surface area contributed by atoms with Crippen LogP contribution in [0.25, 0.3) is 11.0 Å². The highest BCUT2D eigenvalue weighted by atomic mass is 16.4. The number of carboxylic acid groups (broad SMARTS) is 1. The fourth-order valence-electron chi connectivity index (χ4n) is 1.86. The molecule has 5 heteroatoms. The van der Waals surface area contributed by atoms with Crippen LogP contribution in [0.2, 0.25) is 0 Å². The lowest BCUT2D eigenvalue weighted by Crippen LogP contribution is -2.28. The summed E-state index contributed by atoms with van der Waals surface area (Å²) in [6.07, 6.45) is -1.05. The Bertz CT molecular complexity index is 660. The van der Waals surface area contributed by atoms with Gasteiger partial charge in [-0.15, -0.1) is 0 Å². The largest absolute Gasteiger partial charge is 0.465 e. The Hall–Kier alpha value is -2.30. The van der Waals surface area contributed by atoms with Gasteiger partial charge in [0.15, 0.2) is 5.43 Å². The Balaban J connectivity index is 2.64. The third-order valence-corrected chi connectivity index (χ3v) is 2.69. The van der Waals surface area contributed by atoms with E-state index in [1.807, 2.05) is 0 Å². The minimum absolute atomic E-state index is 0.169. The lowest BCUT2D eigenvalue weighted by Gasteiger charge is -2.17. The van der Waals surface area contributed by atoms with Crippen LogP contribution in [0.1, 0.15) is 12.7 Å². The molecule has 1 heterocycles. The Kier molecular flexibility index (Phi) is 3.06. The Morgan fingerprint density at radius 3 is 2.72 bits per heavy atom. The van der Waals surface area contributed by atoms with E-state index in [2.05, 4.69) is 0 Å². The van der Waals surface area contributed by atoms with Gasteiger partial charge in [-0.3, -0.25) is 9.69 Å². The second-order valence-electron chi connectivity index (χ2n) is 3.93. The van der Waals surface area contributed by atoms with Gasteiger partial charge in [0.25, 0.3) is 0 Å². The first kappa shape index (κ1) is 12.2. The van der Waals surface area contributed by atoms with Gasteiger partial charge in [0.05, 0.1) is 5.39 Å². The summed E-state index contributed by atoms with van der Waals surface area (Å²) in [5.41, 5.74) is 0.760. The molecule has 0 unspecified atom stereocenters. The fourth-order valence-corrected chi connectivity index (χ4v) is 1.86. The predicted molar refractivity (Wildman–Crippen MR) is 68.3 cm³/mol. The maximum Gasteiger partial charge on any atom is 0.411 e. The predicted octanol–water partition coefficient (Wildman–Crippen LogP) is 2.61. The lowest BCUT2D eigenvalue weighted by atomic mass is 10.2. The zero-order valence-corrected chi connectivity index (χ0v) is 10.1. The topological polar surface area (TPSA) is 70.8 Å². The van der Waals surface area contributed by atoms with Crippen LogP contribution in [0.3, 0.4) is 0 Å². The van der Waals surface area contributed by atoms with Crippen molar-refractivity contribution in [2.75, 3.05) is 11.4 Å². The molecule has 5 nitrogen and oxygen atoms in total. The highest BCUT2D eigenvalue weighted by molar-refractivity contribution is 5.90. The van der Waals surface area contributed by atoms with Gasteiger partial charge in [-0.1, -0.05) is 0 Å². The first-order chi connectivity index (χ1) is 8.52. The van der Waals surface area contributed by atoms with E-state index in [1.165, 1.54) is 17.0 Å². The van der Waals surface area contributed by atoms with Crippen LogP contribution in [-0.4, -0.2) is 17.7 Å². The summed E-state index contributed by atoms with van der Waals surface area (Å²) < 4.78 is 5.41. The molecule has 1 aromatic heterocycles. The number of hydrogen-bond acceptors (Lipinski definition) is 3. The van der Waals surface area contributed by atoms with E-state index in [4.69, 9.17) is 9.52 Å². The first-order valence-electron chi connectivity index (χ1n) is 5.58. The number of fused-ring (bicyclic) bond motifs is 1. The van der Waals surface area contributed by atoms with Crippen molar-refractivity contribution in [2.24, 2.45) is 0 Å². The van der Waals surface area contributed by atoms with Crippen LogP contribution >= 0.6 is 0 Å². The molecular weight excluding hydrogens is 234 g/mol. The van der Waals surface area contributed by atoms with Gasteiger partial charge < -0.3 is 9.52 Å². The van der Waals surface area contributed by atoms with Gasteiger partial charge in [-0.05, 0) is 32.0 Å². The number of nitrogens with zero attached hydrogens (tertiary/aromatic N) is 1. The van der Waals surface area contributed by atoms with E-state index >= 15 is 0 Å². The molecule has 0 aliphatic heterocycles. The number of benzene rings is 1. The number of anilines is 1. The number of aryl methyl sites for hydroxylation is 1. The van der Waals surface area contributed by atoms with Gasteiger partial charge in [-0.2, -0.15) is 0 Å². The molecule has 1 amide bonds. The summed E-state index contributed by atoms with van der Waals surface area (Å²) in [4.78, 5) is 24.0. The van der Waals surface area contributed by atoms with Gasteiger partial charge in [-0.25, -0.2) is 4.79 Å². The normalized spacial score (nSPS) is 10.6. The number of amides is 1. The highest BCUT2D eigenvalue weighted by Gasteiger charge is 2.13. The Morgan fingerprint density at radius 2 is 2.11 bits per heavy atom. The average molecular weight is 247 g/mol. The van der Waals surface area contributed by atoms with Crippen molar-refractivity contribution in [1.29, 1.82) is 0 Å². The van der Waals surface area contributed by atoms with E-state index in [9.17, 15) is 9.59 Å². The molecule has 0 saturated carbocycles.